The van der Waals surface area contributed by atoms with Gasteiger partial charge in [-0.15, -0.1) is 21.5 Å². The fourth-order valence-electron chi connectivity index (χ4n) is 3.42. The first-order chi connectivity index (χ1) is 15.1. The highest BCUT2D eigenvalue weighted by molar-refractivity contribution is 7.98. The molecule has 6 nitrogen and oxygen atoms in total. The molecule has 0 spiro atoms. The normalized spacial score (nSPS) is 11.3. The average Bonchev–Trinajstić information content (AvgIpc) is 3.37. The van der Waals surface area contributed by atoms with Crippen molar-refractivity contribution in [2.45, 2.75) is 17.8 Å². The third-order valence-corrected chi connectivity index (χ3v) is 6.96. The van der Waals surface area contributed by atoms with Gasteiger partial charge in [0.05, 0.1) is 11.1 Å². The molecule has 2 aromatic carbocycles. The van der Waals surface area contributed by atoms with Gasteiger partial charge in [-0.2, -0.15) is 0 Å². The van der Waals surface area contributed by atoms with Gasteiger partial charge in [-0.25, -0.2) is 4.98 Å². The van der Waals surface area contributed by atoms with E-state index in [2.05, 4.69) is 39.2 Å². The van der Waals surface area contributed by atoms with Crippen LogP contribution in [0.15, 0.2) is 69.9 Å². The van der Waals surface area contributed by atoms with Crippen molar-refractivity contribution < 1.29 is 0 Å². The molecule has 0 atom stereocenters. The van der Waals surface area contributed by atoms with Gasteiger partial charge in [0.2, 0.25) is 0 Å². The van der Waals surface area contributed by atoms with Crippen molar-refractivity contribution >= 4 is 33.3 Å². The highest BCUT2D eigenvalue weighted by Gasteiger charge is 2.15. The third kappa shape index (κ3) is 3.80. The van der Waals surface area contributed by atoms with Crippen molar-refractivity contribution in [1.82, 2.24) is 24.7 Å². The minimum absolute atomic E-state index is 0.112. The number of H-pyrrole nitrogens is 1. The minimum Gasteiger partial charge on any atom is -0.309 e. The molecule has 5 rings (SSSR count). The number of aromatic amines is 1. The van der Waals surface area contributed by atoms with Gasteiger partial charge in [-0.05, 0) is 12.5 Å². The Morgan fingerprint density at radius 2 is 1.81 bits per heavy atom. The maximum Gasteiger partial charge on any atom is 0.260 e. The molecule has 0 aliphatic carbocycles. The van der Waals surface area contributed by atoms with Crippen LogP contribution in [0.1, 0.15) is 11.4 Å². The van der Waals surface area contributed by atoms with Crippen LogP contribution in [-0.2, 0) is 12.8 Å². The summed E-state index contributed by atoms with van der Waals surface area (Å²) in [5.74, 6) is 1.94. The molecule has 3 heterocycles. The molecule has 0 radical (unpaired) electrons. The molecule has 31 heavy (non-hydrogen) atoms. The van der Waals surface area contributed by atoms with Crippen molar-refractivity contribution in [1.29, 1.82) is 0 Å². The van der Waals surface area contributed by atoms with Crippen LogP contribution in [0.4, 0.5) is 0 Å². The van der Waals surface area contributed by atoms with Crippen LogP contribution < -0.4 is 5.56 Å². The van der Waals surface area contributed by atoms with Gasteiger partial charge < -0.3 is 9.55 Å². The molecule has 5 aromatic rings. The molecule has 0 bridgehead atoms. The molecule has 0 fully saturated rings. The second-order valence-electron chi connectivity index (χ2n) is 7.23. The summed E-state index contributed by atoms with van der Waals surface area (Å²) in [6.07, 6.45) is 0. The van der Waals surface area contributed by atoms with Crippen LogP contribution in [0.2, 0.25) is 0 Å². The lowest BCUT2D eigenvalue weighted by Crippen LogP contribution is -2.10. The lowest BCUT2D eigenvalue weighted by atomic mass is 10.1. The highest BCUT2D eigenvalue weighted by atomic mass is 32.2. The lowest BCUT2D eigenvalue weighted by Gasteiger charge is -2.05. The molecule has 8 heteroatoms. The van der Waals surface area contributed by atoms with Gasteiger partial charge in [0.15, 0.2) is 11.0 Å². The number of hydrogen-bond acceptors (Lipinski definition) is 6. The maximum atomic E-state index is 12.8. The Balaban J connectivity index is 1.40. The molecule has 0 saturated heterocycles. The van der Waals surface area contributed by atoms with Crippen LogP contribution in [0.5, 0.6) is 0 Å². The van der Waals surface area contributed by atoms with Crippen molar-refractivity contribution in [3.63, 3.8) is 0 Å². The summed E-state index contributed by atoms with van der Waals surface area (Å²) < 4.78 is 1.96. The topological polar surface area (TPSA) is 76.5 Å². The number of nitrogens with one attached hydrogen (secondary N) is 1. The van der Waals surface area contributed by atoms with Crippen LogP contribution in [-0.4, -0.2) is 24.7 Å². The SMILES string of the molecule is Cc1ccc(-c2nnc(SCc3nc4scc(-c5ccccc5)c4c(=O)[nH]3)n2C)cc1. The quantitative estimate of drug-likeness (QED) is 0.383. The summed E-state index contributed by atoms with van der Waals surface area (Å²) in [5.41, 5.74) is 4.05. The van der Waals surface area contributed by atoms with Crippen LogP contribution in [0.25, 0.3) is 32.7 Å². The largest absolute Gasteiger partial charge is 0.309 e. The molecule has 0 amide bonds. The van der Waals surface area contributed by atoms with Crippen LogP contribution in [0, 0.1) is 6.92 Å². The Morgan fingerprint density at radius 1 is 1.03 bits per heavy atom. The first-order valence-corrected chi connectivity index (χ1v) is 11.6. The van der Waals surface area contributed by atoms with Gasteiger partial charge in [-0.1, -0.05) is 71.9 Å². The zero-order chi connectivity index (χ0) is 21.4. The molecule has 0 aliphatic heterocycles. The summed E-state index contributed by atoms with van der Waals surface area (Å²) in [7, 11) is 1.95. The number of aromatic nitrogens is 5. The van der Waals surface area contributed by atoms with E-state index in [1.165, 1.54) is 28.7 Å². The Labute approximate surface area is 187 Å². The summed E-state index contributed by atoms with van der Waals surface area (Å²) >= 11 is 2.99. The van der Waals surface area contributed by atoms with Crippen molar-refractivity contribution in [2.75, 3.05) is 0 Å². The minimum atomic E-state index is -0.112. The summed E-state index contributed by atoms with van der Waals surface area (Å²) in [4.78, 5) is 21.2. The zero-order valence-electron chi connectivity index (χ0n) is 17.0. The highest BCUT2D eigenvalue weighted by Crippen LogP contribution is 2.31. The molecular formula is C23H19N5OS2. The van der Waals surface area contributed by atoms with Crippen LogP contribution >= 0.6 is 23.1 Å². The van der Waals surface area contributed by atoms with E-state index in [-0.39, 0.29) is 5.56 Å². The van der Waals surface area contributed by atoms with E-state index in [0.29, 0.717) is 17.0 Å². The summed E-state index contributed by atoms with van der Waals surface area (Å²) in [5, 5.41) is 12.1. The number of hydrogen-bond donors (Lipinski definition) is 1. The predicted octanol–water partition coefficient (Wildman–Crippen LogP) is 5.05. The van der Waals surface area contributed by atoms with Gasteiger partial charge >= 0.3 is 0 Å². The Hall–Kier alpha value is -3.23. The smallest absolute Gasteiger partial charge is 0.260 e. The van der Waals surface area contributed by atoms with E-state index in [1.807, 2.05) is 59.5 Å². The number of rotatable bonds is 5. The number of nitrogens with zero attached hydrogens (tertiary/aromatic N) is 4. The van der Waals surface area contributed by atoms with Crippen molar-refractivity contribution in [2.24, 2.45) is 7.05 Å². The monoisotopic (exact) mass is 445 g/mol. The number of thiophene rings is 1. The molecule has 0 saturated carbocycles. The number of aryl methyl sites for hydroxylation is 1. The second kappa shape index (κ2) is 8.13. The summed E-state index contributed by atoms with van der Waals surface area (Å²) in [6, 6.07) is 18.1. The zero-order valence-corrected chi connectivity index (χ0v) is 18.6. The molecule has 154 valence electrons. The van der Waals surface area contributed by atoms with E-state index >= 15 is 0 Å². The number of benzene rings is 2. The molecule has 0 aliphatic rings. The summed E-state index contributed by atoms with van der Waals surface area (Å²) in [6.45, 7) is 2.06. The first kappa shape index (κ1) is 19.7. The van der Waals surface area contributed by atoms with E-state index < -0.39 is 0 Å². The molecule has 0 unspecified atom stereocenters. The average molecular weight is 446 g/mol. The number of thioether (sulfide) groups is 1. The Bertz CT molecular complexity index is 1420. The lowest BCUT2D eigenvalue weighted by molar-refractivity contribution is 0.793. The predicted molar refractivity (Wildman–Crippen MR) is 126 cm³/mol. The van der Waals surface area contributed by atoms with Gasteiger partial charge in [-0.3, -0.25) is 4.79 Å². The fourth-order valence-corrected chi connectivity index (χ4v) is 5.17. The van der Waals surface area contributed by atoms with Crippen molar-refractivity contribution in [3.05, 3.63) is 81.7 Å². The third-order valence-electron chi connectivity index (χ3n) is 5.06. The van der Waals surface area contributed by atoms with Crippen molar-refractivity contribution in [3.8, 4) is 22.5 Å². The Kier molecular flexibility index (Phi) is 5.17. The fraction of sp³-hybridized carbons (Fsp3) is 0.130. The standard InChI is InChI=1S/C23H19N5OS2/c1-14-8-10-16(11-9-14)20-26-27-23(28(20)2)31-13-18-24-21(29)19-17(12-30-22(19)25-18)15-6-4-3-5-7-15/h3-12H,13H2,1-2H3,(H,24,25,29). The molecular weight excluding hydrogens is 426 g/mol. The second-order valence-corrected chi connectivity index (χ2v) is 9.03. The van der Waals surface area contributed by atoms with E-state index in [0.717, 1.165) is 32.5 Å². The first-order valence-electron chi connectivity index (χ1n) is 9.75. The molecule has 1 N–H and O–H groups in total. The van der Waals surface area contributed by atoms with Crippen LogP contribution in [0.3, 0.4) is 0 Å². The van der Waals surface area contributed by atoms with Gasteiger partial charge in [0.1, 0.15) is 10.7 Å². The molecule has 3 aromatic heterocycles. The van der Waals surface area contributed by atoms with Gasteiger partial charge in [0, 0.05) is 23.6 Å². The Morgan fingerprint density at radius 3 is 2.58 bits per heavy atom. The number of fused-ring (bicyclic) bond motifs is 1. The van der Waals surface area contributed by atoms with E-state index in [9.17, 15) is 4.79 Å². The van der Waals surface area contributed by atoms with E-state index in [1.54, 1.807) is 0 Å². The van der Waals surface area contributed by atoms with Gasteiger partial charge in [0.25, 0.3) is 5.56 Å². The van der Waals surface area contributed by atoms with E-state index in [4.69, 9.17) is 0 Å². The maximum absolute atomic E-state index is 12.8.